The molecule has 0 aliphatic carbocycles. The maximum atomic E-state index is 12.9. The van der Waals surface area contributed by atoms with Crippen molar-refractivity contribution in [3.8, 4) is 0 Å². The minimum absolute atomic E-state index is 0.0208. The Labute approximate surface area is 308 Å². The van der Waals surface area contributed by atoms with Crippen LogP contribution in [0.25, 0.3) is 0 Å². The Morgan fingerprint density at radius 3 is 1.92 bits per heavy atom. The molecule has 2 saturated heterocycles. The summed E-state index contributed by atoms with van der Waals surface area (Å²) in [6, 6.07) is 9.62. The van der Waals surface area contributed by atoms with Crippen LogP contribution in [0.1, 0.15) is 60.5 Å². The zero-order valence-electron chi connectivity index (χ0n) is 32.0. The van der Waals surface area contributed by atoms with Gasteiger partial charge in [-0.2, -0.15) is 0 Å². The number of benzene rings is 1. The molecule has 3 rings (SSSR count). The minimum atomic E-state index is -0.819. The van der Waals surface area contributed by atoms with Crippen LogP contribution in [0, 0.1) is 0 Å². The van der Waals surface area contributed by atoms with Gasteiger partial charge in [-0.3, -0.25) is 9.69 Å². The second-order valence-corrected chi connectivity index (χ2v) is 14.7. The number of nitrogens with zero attached hydrogens (tertiary/aromatic N) is 7. The van der Waals surface area contributed by atoms with Crippen LogP contribution in [0.3, 0.4) is 0 Å². The van der Waals surface area contributed by atoms with E-state index in [0.29, 0.717) is 64.0 Å². The normalized spacial score (nSPS) is 16.3. The molecule has 0 unspecified atom stereocenters. The number of piperazine rings is 2. The Balaban J connectivity index is 1.36. The molecule has 2 aliphatic heterocycles. The monoisotopic (exact) mass is 727 g/mol. The van der Waals surface area contributed by atoms with Gasteiger partial charge in [0.2, 0.25) is 11.9 Å². The van der Waals surface area contributed by atoms with Crippen LogP contribution in [0.2, 0.25) is 0 Å². The highest BCUT2D eigenvalue weighted by molar-refractivity contribution is 5.88. The van der Waals surface area contributed by atoms with Crippen molar-refractivity contribution in [2.75, 3.05) is 78.7 Å². The first kappa shape index (κ1) is 41.9. The van der Waals surface area contributed by atoms with E-state index in [9.17, 15) is 19.2 Å². The molecule has 1 aromatic carbocycles. The summed E-state index contributed by atoms with van der Waals surface area (Å²) in [5, 5.41) is 0. The van der Waals surface area contributed by atoms with Crippen LogP contribution in [0.4, 0.5) is 14.4 Å². The number of hydrogen-bond acceptors (Lipinski definition) is 10. The molecule has 2 heterocycles. The van der Waals surface area contributed by atoms with E-state index in [4.69, 9.17) is 18.9 Å². The summed E-state index contributed by atoms with van der Waals surface area (Å²) in [6.07, 6.45) is -0.117. The fourth-order valence-electron chi connectivity index (χ4n) is 5.25. The maximum absolute atomic E-state index is 12.9. The average molecular weight is 728 g/mol. The van der Waals surface area contributed by atoms with Crippen LogP contribution >= 0.6 is 0 Å². The molecule has 15 heteroatoms. The van der Waals surface area contributed by atoms with Crippen molar-refractivity contribution in [1.29, 1.82) is 0 Å². The Kier molecular flexibility index (Phi) is 16.1. The standard InChI is InChI=1S/C37H57N7O8/c1-29(27-44(34(47)51-36(2,3)4)35(48)52-37(5,6)7)26-39-32(38-8)42-21-19-41(20-22-42)31(45)14-24-49-25-23-40-15-17-43(18-16-40)33(46)50-28-30-12-10-9-11-13-30/h9-13,26H,8,14-25,27-28H2,1-7H3/b29-26+,39-32?. The van der Waals surface area contributed by atoms with Gasteiger partial charge in [-0.15, -0.1) is 0 Å². The molecular formula is C37H57N7O8. The van der Waals surface area contributed by atoms with Gasteiger partial charge in [-0.05, 0) is 66.3 Å². The summed E-state index contributed by atoms with van der Waals surface area (Å²) in [4.78, 5) is 68.1. The number of imide groups is 1. The lowest BCUT2D eigenvalue weighted by molar-refractivity contribution is -0.133. The SMILES string of the molecule is C=NC(=N/C=C(\C)CN(C(=O)OC(C)(C)C)C(=O)OC(C)(C)C)N1CCN(C(=O)CCOCCN2CCN(C(=O)OCc3ccccc3)CC2)CC1. The molecule has 0 atom stereocenters. The number of ether oxygens (including phenoxy) is 4. The summed E-state index contributed by atoms with van der Waals surface area (Å²) < 4.78 is 22.1. The zero-order valence-corrected chi connectivity index (χ0v) is 32.0. The summed E-state index contributed by atoms with van der Waals surface area (Å²) in [6.45, 7) is 22.2. The van der Waals surface area contributed by atoms with Crippen LogP contribution in [0.5, 0.6) is 0 Å². The molecule has 2 fully saturated rings. The van der Waals surface area contributed by atoms with Crippen molar-refractivity contribution in [2.45, 2.75) is 72.7 Å². The number of rotatable bonds is 11. The van der Waals surface area contributed by atoms with Crippen molar-refractivity contribution in [3.05, 3.63) is 47.7 Å². The van der Waals surface area contributed by atoms with Gasteiger partial charge in [-0.25, -0.2) is 29.3 Å². The third-order valence-corrected chi connectivity index (χ3v) is 7.94. The summed E-state index contributed by atoms with van der Waals surface area (Å²) in [5.41, 5.74) is -0.0513. The molecule has 288 valence electrons. The van der Waals surface area contributed by atoms with Crippen molar-refractivity contribution in [1.82, 2.24) is 24.5 Å². The van der Waals surface area contributed by atoms with Crippen molar-refractivity contribution in [2.24, 2.45) is 9.98 Å². The first-order valence-electron chi connectivity index (χ1n) is 17.8. The summed E-state index contributed by atoms with van der Waals surface area (Å²) >= 11 is 0. The highest BCUT2D eigenvalue weighted by Crippen LogP contribution is 2.16. The molecule has 0 radical (unpaired) electrons. The Bertz CT molecular complexity index is 1380. The van der Waals surface area contributed by atoms with Crippen molar-refractivity contribution < 1.29 is 38.1 Å². The topological polar surface area (TPSA) is 146 Å². The molecule has 52 heavy (non-hydrogen) atoms. The van der Waals surface area contributed by atoms with Gasteiger partial charge in [0.05, 0.1) is 26.2 Å². The fourth-order valence-corrected chi connectivity index (χ4v) is 5.25. The third-order valence-electron chi connectivity index (χ3n) is 7.94. The first-order chi connectivity index (χ1) is 24.5. The molecular weight excluding hydrogens is 670 g/mol. The van der Waals surface area contributed by atoms with Crippen molar-refractivity contribution in [3.63, 3.8) is 0 Å². The van der Waals surface area contributed by atoms with Gasteiger partial charge >= 0.3 is 18.3 Å². The van der Waals surface area contributed by atoms with E-state index in [0.717, 1.165) is 30.1 Å². The molecule has 2 aliphatic rings. The van der Waals surface area contributed by atoms with Gasteiger partial charge in [0, 0.05) is 65.1 Å². The molecule has 4 amide bonds. The average Bonchev–Trinajstić information content (AvgIpc) is 3.09. The lowest BCUT2D eigenvalue weighted by Gasteiger charge is -2.35. The predicted molar refractivity (Wildman–Crippen MR) is 198 cm³/mol. The third kappa shape index (κ3) is 15.0. The number of aliphatic imine (C=N–C) groups is 2. The van der Waals surface area contributed by atoms with Crippen molar-refractivity contribution >= 4 is 36.9 Å². The molecule has 0 spiro atoms. The fraction of sp³-hybridized carbons (Fsp3) is 0.622. The van der Waals surface area contributed by atoms with Crippen LogP contribution in [-0.4, -0.2) is 151 Å². The van der Waals surface area contributed by atoms with Crippen LogP contribution < -0.4 is 0 Å². The van der Waals surface area contributed by atoms with Gasteiger partial charge < -0.3 is 33.6 Å². The molecule has 0 N–H and O–H groups in total. The molecule has 15 nitrogen and oxygen atoms in total. The number of hydrogen-bond donors (Lipinski definition) is 0. The van der Waals surface area contributed by atoms with Crippen LogP contribution in [-0.2, 0) is 30.3 Å². The smallest absolute Gasteiger partial charge is 0.420 e. The largest absolute Gasteiger partial charge is 0.445 e. The molecule has 0 aromatic heterocycles. The highest BCUT2D eigenvalue weighted by Gasteiger charge is 2.31. The van der Waals surface area contributed by atoms with E-state index in [1.165, 1.54) is 6.20 Å². The molecule has 0 saturated carbocycles. The van der Waals surface area contributed by atoms with E-state index < -0.39 is 23.4 Å². The van der Waals surface area contributed by atoms with Gasteiger partial charge in [0.15, 0.2) is 0 Å². The molecule has 0 bridgehead atoms. The quantitative estimate of drug-likeness (QED) is 0.137. The number of amides is 4. The second kappa shape index (κ2) is 19.9. The second-order valence-electron chi connectivity index (χ2n) is 14.7. The number of carbonyl (C=O) groups is 4. The lowest BCUT2D eigenvalue weighted by atomic mass is 10.2. The minimum Gasteiger partial charge on any atom is -0.445 e. The summed E-state index contributed by atoms with van der Waals surface area (Å²) in [7, 11) is 0. The Morgan fingerprint density at radius 1 is 0.808 bits per heavy atom. The Morgan fingerprint density at radius 2 is 1.37 bits per heavy atom. The highest BCUT2D eigenvalue weighted by atomic mass is 16.6. The van der Waals surface area contributed by atoms with E-state index in [1.54, 1.807) is 58.3 Å². The van der Waals surface area contributed by atoms with E-state index in [1.807, 2.05) is 35.2 Å². The van der Waals surface area contributed by atoms with Crippen LogP contribution in [0.15, 0.2) is 52.1 Å². The van der Waals surface area contributed by atoms with Gasteiger partial charge in [-0.1, -0.05) is 30.3 Å². The molecule has 1 aromatic rings. The predicted octanol–water partition coefficient (Wildman–Crippen LogP) is 4.62. The van der Waals surface area contributed by atoms with E-state index in [-0.39, 0.29) is 31.6 Å². The summed E-state index contributed by atoms with van der Waals surface area (Å²) in [5.74, 6) is 0.397. The van der Waals surface area contributed by atoms with Gasteiger partial charge in [0.25, 0.3) is 0 Å². The zero-order chi connectivity index (χ0) is 38.3. The number of guanidine groups is 1. The van der Waals surface area contributed by atoms with E-state index in [2.05, 4.69) is 21.6 Å². The lowest BCUT2D eigenvalue weighted by Crippen LogP contribution is -2.50. The first-order valence-corrected chi connectivity index (χ1v) is 17.8. The number of carbonyl (C=O) groups excluding carboxylic acids is 4. The maximum Gasteiger partial charge on any atom is 0.420 e. The van der Waals surface area contributed by atoms with Gasteiger partial charge in [0.1, 0.15) is 17.8 Å². The van der Waals surface area contributed by atoms with E-state index >= 15 is 0 Å². The Hall–Kier alpha value is -4.50.